The molecule has 1 atom stereocenters. The zero-order valence-corrected chi connectivity index (χ0v) is 22.7. The van der Waals surface area contributed by atoms with E-state index < -0.39 is 0 Å². The normalized spacial score (nSPS) is 20.5. The summed E-state index contributed by atoms with van der Waals surface area (Å²) in [6, 6.07) is 0.393. The van der Waals surface area contributed by atoms with Crippen LogP contribution in [0.3, 0.4) is 0 Å². The molecule has 0 aliphatic carbocycles. The van der Waals surface area contributed by atoms with Gasteiger partial charge in [-0.3, -0.25) is 14.6 Å². The number of hydrogen-bond donors (Lipinski definition) is 2. The number of oxazole rings is 1. The molecule has 4 heterocycles. The molecule has 1 unspecified atom stereocenters. The van der Waals surface area contributed by atoms with Gasteiger partial charge in [0, 0.05) is 46.0 Å². The quantitative estimate of drug-likeness (QED) is 0.314. The predicted octanol–water partition coefficient (Wildman–Crippen LogP) is 2.69. The van der Waals surface area contributed by atoms with Crippen LogP contribution in [0.25, 0.3) is 0 Å². The number of nitrogens with zero attached hydrogens (tertiary/aromatic N) is 6. The van der Waals surface area contributed by atoms with Crippen molar-refractivity contribution in [3.05, 3.63) is 29.7 Å². The average molecular weight is 571 g/mol. The molecular formula is C23H39IN8O. The van der Waals surface area contributed by atoms with E-state index in [9.17, 15) is 0 Å². The van der Waals surface area contributed by atoms with Crippen molar-refractivity contribution < 1.29 is 4.42 Å². The summed E-state index contributed by atoms with van der Waals surface area (Å²) in [6.07, 6.45) is 8.74. The van der Waals surface area contributed by atoms with Crippen molar-refractivity contribution in [3.63, 3.8) is 0 Å². The average Bonchev–Trinajstić information content (AvgIpc) is 3.37. The number of hydrogen-bond acceptors (Lipinski definition) is 6. The van der Waals surface area contributed by atoms with Gasteiger partial charge in [-0.1, -0.05) is 0 Å². The lowest BCUT2D eigenvalue weighted by Gasteiger charge is -2.35. The molecule has 2 N–H and O–H groups in total. The second-order valence-corrected chi connectivity index (χ2v) is 9.22. The van der Waals surface area contributed by atoms with Crippen LogP contribution in [0, 0.1) is 19.8 Å². The third-order valence-corrected chi connectivity index (χ3v) is 6.74. The minimum absolute atomic E-state index is 0. The second-order valence-electron chi connectivity index (χ2n) is 9.22. The third-order valence-electron chi connectivity index (χ3n) is 6.74. The van der Waals surface area contributed by atoms with Crippen molar-refractivity contribution in [2.75, 3.05) is 44.7 Å². The Kier molecular flexibility index (Phi) is 9.42. The van der Waals surface area contributed by atoms with Gasteiger partial charge in [0.25, 0.3) is 0 Å². The molecule has 0 radical (unpaired) electrons. The van der Waals surface area contributed by atoms with E-state index in [0.29, 0.717) is 12.0 Å². The summed E-state index contributed by atoms with van der Waals surface area (Å²) in [4.78, 5) is 13.9. The molecular weight excluding hydrogens is 531 g/mol. The zero-order valence-electron chi connectivity index (χ0n) is 20.4. The second kappa shape index (κ2) is 12.0. The number of anilines is 1. The highest BCUT2D eigenvalue weighted by Crippen LogP contribution is 2.20. The largest absolute Gasteiger partial charge is 0.444 e. The molecule has 2 aromatic rings. The first-order chi connectivity index (χ1) is 15.5. The van der Waals surface area contributed by atoms with E-state index in [0.717, 1.165) is 69.0 Å². The Hall–Kier alpha value is -1.82. The Morgan fingerprint density at radius 1 is 1.21 bits per heavy atom. The number of likely N-dealkylation sites (tertiary alicyclic amines) is 1. The minimum atomic E-state index is 0. The molecule has 0 amide bonds. The van der Waals surface area contributed by atoms with E-state index in [1.807, 2.05) is 38.8 Å². The van der Waals surface area contributed by atoms with Crippen LogP contribution < -0.4 is 15.5 Å². The maximum Gasteiger partial charge on any atom is 0.208 e. The number of aromatic nitrogens is 3. The summed E-state index contributed by atoms with van der Waals surface area (Å²) in [5, 5.41) is 11.5. The van der Waals surface area contributed by atoms with Crippen LogP contribution in [-0.4, -0.2) is 71.4 Å². The minimum Gasteiger partial charge on any atom is -0.444 e. The van der Waals surface area contributed by atoms with E-state index in [2.05, 4.69) is 41.7 Å². The number of rotatable bonds is 6. The molecule has 4 rings (SSSR count). The smallest absolute Gasteiger partial charge is 0.208 e. The molecule has 2 saturated heterocycles. The highest BCUT2D eigenvalue weighted by Gasteiger charge is 2.24. The van der Waals surface area contributed by atoms with Crippen LogP contribution in [0.5, 0.6) is 0 Å². The van der Waals surface area contributed by atoms with Gasteiger partial charge in [-0.05, 0) is 58.5 Å². The standard InChI is InChI=1S/C23H38N8O.HI/c1-17-18(2)32-22(27-17)16-30-10-7-19(8-11-30)12-25-23(24-3)28-20-6-5-9-31(14-20)21-13-26-29(4)15-21;/h13,15,19-20H,5-12,14,16H2,1-4H3,(H2,24,25,28);1H. The Labute approximate surface area is 214 Å². The number of halogens is 1. The monoisotopic (exact) mass is 570 g/mol. The van der Waals surface area contributed by atoms with E-state index in [-0.39, 0.29) is 24.0 Å². The molecule has 9 nitrogen and oxygen atoms in total. The van der Waals surface area contributed by atoms with Gasteiger partial charge in [0.05, 0.1) is 24.1 Å². The van der Waals surface area contributed by atoms with Crippen LogP contribution >= 0.6 is 24.0 Å². The van der Waals surface area contributed by atoms with Crippen LogP contribution in [0.4, 0.5) is 5.69 Å². The van der Waals surface area contributed by atoms with Crippen molar-refractivity contribution in [1.82, 2.24) is 30.3 Å². The first-order valence-corrected chi connectivity index (χ1v) is 11.9. The lowest BCUT2D eigenvalue weighted by molar-refractivity contribution is 0.164. The molecule has 0 saturated carbocycles. The van der Waals surface area contributed by atoms with Gasteiger partial charge in [-0.15, -0.1) is 24.0 Å². The van der Waals surface area contributed by atoms with Crippen molar-refractivity contribution in [2.45, 2.75) is 52.1 Å². The number of nitrogens with one attached hydrogen (secondary N) is 2. The van der Waals surface area contributed by atoms with Gasteiger partial charge in [-0.2, -0.15) is 5.10 Å². The number of aryl methyl sites for hydroxylation is 3. The number of piperidine rings is 2. The lowest BCUT2D eigenvalue weighted by atomic mass is 9.97. The Bertz CT molecular complexity index is 883. The van der Waals surface area contributed by atoms with E-state index in [4.69, 9.17) is 4.42 Å². The van der Waals surface area contributed by atoms with Crippen molar-refractivity contribution in [1.29, 1.82) is 0 Å². The molecule has 2 aromatic heterocycles. The molecule has 2 aliphatic rings. The predicted molar refractivity (Wildman–Crippen MR) is 142 cm³/mol. The van der Waals surface area contributed by atoms with Crippen LogP contribution in [-0.2, 0) is 13.6 Å². The van der Waals surface area contributed by atoms with Crippen LogP contribution in [0.2, 0.25) is 0 Å². The zero-order chi connectivity index (χ0) is 22.5. The van der Waals surface area contributed by atoms with Gasteiger partial charge in [-0.25, -0.2) is 4.98 Å². The maximum absolute atomic E-state index is 5.75. The van der Waals surface area contributed by atoms with Gasteiger partial charge in [0.1, 0.15) is 5.76 Å². The van der Waals surface area contributed by atoms with Crippen LogP contribution in [0.15, 0.2) is 21.8 Å². The molecule has 10 heteroatoms. The van der Waals surface area contributed by atoms with E-state index in [1.54, 1.807) is 0 Å². The van der Waals surface area contributed by atoms with Crippen molar-refractivity contribution in [3.8, 4) is 0 Å². The van der Waals surface area contributed by atoms with Gasteiger partial charge in [0.2, 0.25) is 5.89 Å². The lowest BCUT2D eigenvalue weighted by Crippen LogP contribution is -2.52. The molecule has 0 spiro atoms. The van der Waals surface area contributed by atoms with Gasteiger partial charge >= 0.3 is 0 Å². The summed E-state index contributed by atoms with van der Waals surface area (Å²) < 4.78 is 7.62. The first kappa shape index (κ1) is 25.8. The fourth-order valence-corrected chi connectivity index (χ4v) is 4.68. The summed E-state index contributed by atoms with van der Waals surface area (Å²) in [7, 11) is 3.83. The highest BCUT2D eigenvalue weighted by molar-refractivity contribution is 14.0. The molecule has 184 valence electrons. The van der Waals surface area contributed by atoms with Crippen molar-refractivity contribution >= 4 is 35.6 Å². The van der Waals surface area contributed by atoms with Crippen molar-refractivity contribution in [2.24, 2.45) is 18.0 Å². The number of aliphatic imine (C=N–C) groups is 1. The fraction of sp³-hybridized carbons (Fsp3) is 0.696. The topological polar surface area (TPSA) is 86.8 Å². The van der Waals surface area contributed by atoms with Crippen LogP contribution in [0.1, 0.15) is 43.0 Å². The van der Waals surface area contributed by atoms with E-state index >= 15 is 0 Å². The van der Waals surface area contributed by atoms with Gasteiger partial charge < -0.3 is 20.0 Å². The summed E-state index contributed by atoms with van der Waals surface area (Å²) in [5.74, 6) is 3.35. The summed E-state index contributed by atoms with van der Waals surface area (Å²) in [5.41, 5.74) is 2.20. The van der Waals surface area contributed by atoms with Gasteiger partial charge in [0.15, 0.2) is 5.96 Å². The molecule has 2 aliphatic heterocycles. The Morgan fingerprint density at radius 3 is 2.64 bits per heavy atom. The highest BCUT2D eigenvalue weighted by atomic mass is 127. The summed E-state index contributed by atoms with van der Waals surface area (Å²) >= 11 is 0. The Morgan fingerprint density at radius 2 is 2.00 bits per heavy atom. The fourth-order valence-electron chi connectivity index (χ4n) is 4.68. The summed E-state index contributed by atoms with van der Waals surface area (Å²) in [6.45, 7) is 9.99. The maximum atomic E-state index is 5.75. The Balaban J connectivity index is 0.00000306. The third kappa shape index (κ3) is 7.08. The molecule has 0 aromatic carbocycles. The first-order valence-electron chi connectivity index (χ1n) is 11.9. The SMILES string of the molecule is CN=C(NCC1CCN(Cc2nc(C)c(C)o2)CC1)NC1CCCN(c2cnn(C)c2)C1.I. The molecule has 33 heavy (non-hydrogen) atoms. The number of guanidine groups is 1. The molecule has 0 bridgehead atoms. The molecule has 2 fully saturated rings. The van der Waals surface area contributed by atoms with E-state index in [1.165, 1.54) is 24.9 Å².